The number of hydrogen-bond donors (Lipinski definition) is 4. The monoisotopic (exact) mass is 686 g/mol. The molecule has 1 aliphatic carbocycles. The van der Waals surface area contributed by atoms with Gasteiger partial charge in [0.1, 0.15) is 5.57 Å². The molecule has 10 nitrogen and oxygen atoms in total. The first-order valence-corrected chi connectivity index (χ1v) is 17.3. The topological polar surface area (TPSA) is 139 Å². The Hall–Kier alpha value is -4.25. The van der Waals surface area contributed by atoms with Crippen LogP contribution in [0.15, 0.2) is 54.1 Å². The van der Waals surface area contributed by atoms with Crippen molar-refractivity contribution in [3.8, 4) is 28.3 Å². The van der Waals surface area contributed by atoms with Crippen molar-refractivity contribution in [2.45, 2.75) is 65.0 Å². The van der Waals surface area contributed by atoms with Gasteiger partial charge in [-0.25, -0.2) is 4.98 Å². The molecule has 0 bridgehead atoms. The van der Waals surface area contributed by atoms with Crippen LogP contribution in [0.3, 0.4) is 0 Å². The predicted molar refractivity (Wildman–Crippen MR) is 194 cm³/mol. The molecule has 0 spiro atoms. The van der Waals surface area contributed by atoms with E-state index in [1.807, 2.05) is 51.1 Å². The summed E-state index contributed by atoms with van der Waals surface area (Å²) in [6, 6.07) is 13.7. The van der Waals surface area contributed by atoms with Gasteiger partial charge in [-0.2, -0.15) is 0 Å². The van der Waals surface area contributed by atoms with E-state index in [0.717, 1.165) is 72.3 Å². The summed E-state index contributed by atoms with van der Waals surface area (Å²) in [6.07, 6.45) is 5.01. The lowest BCUT2D eigenvalue weighted by Crippen LogP contribution is -2.51. The summed E-state index contributed by atoms with van der Waals surface area (Å²) < 4.78 is 5.94. The van der Waals surface area contributed by atoms with E-state index in [0.29, 0.717) is 16.6 Å². The van der Waals surface area contributed by atoms with Crippen molar-refractivity contribution in [3.63, 3.8) is 0 Å². The molecule has 1 saturated heterocycles. The molecular weight excluding hydrogens is 640 g/mol. The number of anilines is 1. The molecule has 2 aliphatic rings. The van der Waals surface area contributed by atoms with Gasteiger partial charge >= 0.3 is 0 Å². The van der Waals surface area contributed by atoms with E-state index in [-0.39, 0.29) is 35.5 Å². The molecule has 11 heteroatoms. The Morgan fingerprint density at radius 2 is 1.86 bits per heavy atom. The van der Waals surface area contributed by atoms with Gasteiger partial charge in [0, 0.05) is 61.0 Å². The number of methoxy groups -OCH3 is 1. The average molecular weight is 687 g/mol. The maximum atomic E-state index is 13.0. The number of nitrogens with one attached hydrogen (secondary N) is 3. The van der Waals surface area contributed by atoms with E-state index in [9.17, 15) is 14.4 Å². The molecule has 260 valence electrons. The lowest BCUT2D eigenvalue weighted by molar-refractivity contribution is -0.126. The summed E-state index contributed by atoms with van der Waals surface area (Å²) in [5.41, 5.74) is 12.1. The molecule has 1 aromatic heterocycles. The Kier molecular flexibility index (Phi) is 11.1. The normalized spacial score (nSPS) is 19.1. The Bertz CT molecular complexity index is 1790. The number of pyridine rings is 1. The third-order valence-electron chi connectivity index (χ3n) is 9.92. The smallest absolute Gasteiger partial charge is 0.260 e. The summed E-state index contributed by atoms with van der Waals surface area (Å²) in [5, 5.41) is 9.22. The van der Waals surface area contributed by atoms with Gasteiger partial charge in [0.05, 0.1) is 23.4 Å². The Labute approximate surface area is 293 Å². The number of ether oxygens (including phenoxy) is 1. The fourth-order valence-electron chi connectivity index (χ4n) is 7.03. The van der Waals surface area contributed by atoms with Crippen LogP contribution in [0.25, 0.3) is 22.4 Å². The second-order valence-electron chi connectivity index (χ2n) is 13.2. The van der Waals surface area contributed by atoms with Crippen molar-refractivity contribution in [3.05, 3.63) is 75.8 Å². The summed E-state index contributed by atoms with van der Waals surface area (Å²) in [5.74, 6) is -0.429. The highest BCUT2D eigenvalue weighted by Crippen LogP contribution is 2.46. The number of hydrogen-bond acceptors (Lipinski definition) is 7. The van der Waals surface area contributed by atoms with Crippen LogP contribution in [0, 0.1) is 12.8 Å². The van der Waals surface area contributed by atoms with Gasteiger partial charge in [0.25, 0.3) is 11.8 Å². The fraction of sp³-hybridized carbons (Fsp3) is 0.421. The van der Waals surface area contributed by atoms with Gasteiger partial charge in [-0.15, -0.1) is 0 Å². The largest absolute Gasteiger partial charge is 0.481 e. The van der Waals surface area contributed by atoms with Crippen molar-refractivity contribution in [1.29, 1.82) is 0 Å². The van der Waals surface area contributed by atoms with Crippen molar-refractivity contribution < 1.29 is 19.1 Å². The average Bonchev–Trinajstić information content (AvgIpc) is 3.72. The summed E-state index contributed by atoms with van der Waals surface area (Å²) >= 11 is 7.16. The summed E-state index contributed by atoms with van der Waals surface area (Å²) in [4.78, 5) is 45.4. The van der Waals surface area contributed by atoms with E-state index in [4.69, 9.17) is 27.1 Å². The standard InChI is InChI=1S/C38H47ClN6O4/c1-7-38(44-34(46)22(2)3)17-19-45(21-38)31-15-14-24-20-30(43-37(49-6)32(24)31)27-12-8-11-26(33(27)39)25-10-9-13-29(23(25)4)42-36(48)28(16-18-40)35(47)41-5/h8-13,16,20,22,31H,7,14-15,17-19,21,40H2,1-6H3,(H,41,47)(H,42,48)(H,44,46)/b28-16+. The van der Waals surface area contributed by atoms with E-state index >= 15 is 0 Å². The van der Waals surface area contributed by atoms with E-state index in [1.165, 1.54) is 18.7 Å². The molecule has 2 heterocycles. The van der Waals surface area contributed by atoms with Gasteiger partial charge < -0.3 is 26.4 Å². The zero-order valence-electron chi connectivity index (χ0n) is 29.2. The van der Waals surface area contributed by atoms with Gasteiger partial charge in [0.2, 0.25) is 11.8 Å². The number of benzene rings is 2. The van der Waals surface area contributed by atoms with Crippen LogP contribution < -0.4 is 26.4 Å². The number of aromatic nitrogens is 1. The van der Waals surface area contributed by atoms with Gasteiger partial charge in [-0.05, 0) is 61.4 Å². The van der Waals surface area contributed by atoms with Gasteiger partial charge in [0.15, 0.2) is 0 Å². The molecule has 5 N–H and O–H groups in total. The van der Waals surface area contributed by atoms with E-state index in [2.05, 4.69) is 33.8 Å². The number of nitrogens with zero attached hydrogens (tertiary/aromatic N) is 2. The molecule has 2 unspecified atom stereocenters. The highest BCUT2D eigenvalue weighted by molar-refractivity contribution is 6.36. The summed E-state index contributed by atoms with van der Waals surface area (Å²) in [6.45, 7) is 9.65. The maximum Gasteiger partial charge on any atom is 0.260 e. The van der Waals surface area contributed by atoms with Gasteiger partial charge in [-0.1, -0.05) is 68.8 Å². The molecule has 2 aromatic carbocycles. The molecule has 5 rings (SSSR count). The second-order valence-corrected chi connectivity index (χ2v) is 13.6. The second kappa shape index (κ2) is 15.1. The van der Waals surface area contributed by atoms with Crippen molar-refractivity contribution in [2.75, 3.05) is 39.1 Å². The number of carbonyl (C=O) groups is 3. The minimum absolute atomic E-state index is 0.0513. The molecule has 0 radical (unpaired) electrons. The third kappa shape index (κ3) is 7.22. The Morgan fingerprint density at radius 3 is 2.53 bits per heavy atom. The quantitative estimate of drug-likeness (QED) is 0.118. The minimum atomic E-state index is -0.549. The summed E-state index contributed by atoms with van der Waals surface area (Å²) in [7, 11) is 3.12. The fourth-order valence-corrected chi connectivity index (χ4v) is 7.35. The number of likely N-dealkylation sites (N-methyl/N-ethyl adjacent to an activating group) is 1. The Balaban J connectivity index is 1.44. The molecule has 1 aliphatic heterocycles. The number of aryl methyl sites for hydroxylation is 1. The molecule has 2 atom stereocenters. The van der Waals surface area contributed by atoms with Crippen LogP contribution in [0.2, 0.25) is 5.02 Å². The van der Waals surface area contributed by atoms with Crippen LogP contribution in [-0.2, 0) is 20.8 Å². The first-order valence-electron chi connectivity index (χ1n) is 16.9. The number of likely N-dealkylation sites (tertiary alicyclic amines) is 1. The lowest BCUT2D eigenvalue weighted by Gasteiger charge is -2.32. The van der Waals surface area contributed by atoms with E-state index < -0.39 is 11.8 Å². The lowest BCUT2D eigenvalue weighted by atomic mass is 9.94. The predicted octanol–water partition coefficient (Wildman–Crippen LogP) is 5.57. The molecule has 3 aromatic rings. The number of fused-ring (bicyclic) bond motifs is 1. The molecule has 1 fully saturated rings. The maximum absolute atomic E-state index is 13.0. The van der Waals surface area contributed by atoms with Crippen LogP contribution in [0.5, 0.6) is 5.88 Å². The molecular formula is C38H47ClN6O4. The first kappa shape index (κ1) is 36.0. The van der Waals surface area contributed by atoms with Gasteiger partial charge in [-0.3, -0.25) is 19.3 Å². The SMILES string of the molecule is CCC1(NC(=O)C(C)C)CCN(C2CCc3cc(-c4cccc(-c5cccc(NC(=O)/C(=C/CN)C(=O)NC)c5C)c4Cl)nc(OC)c32)C1. The molecule has 0 saturated carbocycles. The number of rotatable bonds is 11. The van der Waals surface area contributed by atoms with Crippen molar-refractivity contribution in [2.24, 2.45) is 11.7 Å². The van der Waals surface area contributed by atoms with Crippen LogP contribution in [0.4, 0.5) is 5.69 Å². The molecule has 49 heavy (non-hydrogen) atoms. The van der Waals surface area contributed by atoms with Crippen molar-refractivity contribution >= 4 is 35.0 Å². The zero-order chi connectivity index (χ0) is 35.5. The van der Waals surface area contributed by atoms with Crippen molar-refractivity contribution in [1.82, 2.24) is 20.5 Å². The van der Waals surface area contributed by atoms with E-state index in [1.54, 1.807) is 13.2 Å². The zero-order valence-corrected chi connectivity index (χ0v) is 30.0. The Morgan fingerprint density at radius 1 is 1.14 bits per heavy atom. The highest BCUT2D eigenvalue weighted by atomic mass is 35.5. The third-order valence-corrected chi connectivity index (χ3v) is 10.3. The van der Waals surface area contributed by atoms with Crippen LogP contribution in [0.1, 0.15) is 62.8 Å². The van der Waals surface area contributed by atoms with Crippen LogP contribution in [-0.4, -0.2) is 66.9 Å². The number of nitrogens with two attached hydrogens (primary N) is 1. The van der Waals surface area contributed by atoms with Crippen LogP contribution >= 0.6 is 11.6 Å². The first-order chi connectivity index (χ1) is 23.5. The molecule has 3 amide bonds. The number of carbonyl (C=O) groups excluding carboxylic acids is 3. The highest BCUT2D eigenvalue weighted by Gasteiger charge is 2.43. The number of amides is 3. The minimum Gasteiger partial charge on any atom is -0.481 e. The number of halogens is 1.